The number of nitrogens with zero attached hydrogens (tertiary/aromatic N) is 1. The first kappa shape index (κ1) is 13.9. The summed E-state index contributed by atoms with van der Waals surface area (Å²) in [6, 6.07) is 5.34. The van der Waals surface area contributed by atoms with Crippen LogP contribution in [0.5, 0.6) is 0 Å². The smallest absolute Gasteiger partial charge is 0.253 e. The van der Waals surface area contributed by atoms with Crippen LogP contribution in [0.2, 0.25) is 0 Å². The maximum absolute atomic E-state index is 12.1. The van der Waals surface area contributed by atoms with Crippen molar-refractivity contribution in [1.29, 1.82) is 0 Å². The van der Waals surface area contributed by atoms with Crippen LogP contribution in [0.15, 0.2) is 24.4 Å². The molecule has 2 aromatic rings. The van der Waals surface area contributed by atoms with Gasteiger partial charge in [-0.15, -0.1) is 0 Å². The summed E-state index contributed by atoms with van der Waals surface area (Å²) in [4.78, 5) is 28.0. The van der Waals surface area contributed by atoms with E-state index in [-0.39, 0.29) is 18.2 Å². The first-order valence-electron chi connectivity index (χ1n) is 6.34. The number of anilines is 1. The molecule has 0 unspecified atom stereocenters. The number of hydrogen-bond donors (Lipinski definition) is 3. The molecule has 1 aromatic heterocycles. The highest BCUT2D eigenvalue weighted by Gasteiger charge is 2.12. The third-order valence-corrected chi connectivity index (χ3v) is 3.07. The van der Waals surface area contributed by atoms with Crippen LogP contribution in [0.1, 0.15) is 16.8 Å². The number of fused-ring (bicyclic) bond motifs is 1. The van der Waals surface area contributed by atoms with Gasteiger partial charge in [0.1, 0.15) is 0 Å². The van der Waals surface area contributed by atoms with Gasteiger partial charge in [0.05, 0.1) is 5.56 Å². The molecule has 2 amide bonds. The number of nitrogens with two attached hydrogens (primary N) is 1. The lowest BCUT2D eigenvalue weighted by Crippen LogP contribution is -2.30. The Morgan fingerprint density at radius 2 is 2.10 bits per heavy atom. The molecule has 0 radical (unpaired) electrons. The monoisotopic (exact) mass is 274 g/mol. The van der Waals surface area contributed by atoms with Crippen molar-refractivity contribution in [1.82, 2.24) is 15.2 Å². The molecule has 4 N–H and O–H groups in total. The van der Waals surface area contributed by atoms with Crippen LogP contribution < -0.4 is 11.1 Å². The molecular formula is C14H18N4O2. The van der Waals surface area contributed by atoms with Gasteiger partial charge in [-0.25, -0.2) is 0 Å². The molecule has 6 nitrogen and oxygen atoms in total. The van der Waals surface area contributed by atoms with Gasteiger partial charge < -0.3 is 20.9 Å². The van der Waals surface area contributed by atoms with E-state index in [9.17, 15) is 9.59 Å². The SMILES string of the molecule is CN(C)C(=O)CCNC(=O)c1c[nH]c2cc(N)ccc12. The molecule has 0 spiro atoms. The van der Waals surface area contributed by atoms with E-state index in [1.165, 1.54) is 4.90 Å². The molecule has 20 heavy (non-hydrogen) atoms. The van der Waals surface area contributed by atoms with Crippen LogP contribution in [0.25, 0.3) is 10.9 Å². The van der Waals surface area contributed by atoms with E-state index in [0.717, 1.165) is 10.9 Å². The van der Waals surface area contributed by atoms with Gasteiger partial charge in [0.15, 0.2) is 0 Å². The molecule has 0 aliphatic heterocycles. The van der Waals surface area contributed by atoms with Gasteiger partial charge in [0.2, 0.25) is 5.91 Å². The van der Waals surface area contributed by atoms with Crippen molar-refractivity contribution in [3.8, 4) is 0 Å². The molecule has 0 bridgehead atoms. The second kappa shape index (κ2) is 5.64. The normalized spacial score (nSPS) is 10.5. The highest BCUT2D eigenvalue weighted by Crippen LogP contribution is 2.20. The third kappa shape index (κ3) is 2.90. The number of aromatic nitrogens is 1. The Labute approximate surface area is 116 Å². The summed E-state index contributed by atoms with van der Waals surface area (Å²) < 4.78 is 0. The molecule has 1 heterocycles. The summed E-state index contributed by atoms with van der Waals surface area (Å²) in [5, 5.41) is 3.56. The zero-order valence-electron chi connectivity index (χ0n) is 11.6. The first-order valence-corrected chi connectivity index (χ1v) is 6.34. The van der Waals surface area contributed by atoms with Crippen LogP contribution in [0.3, 0.4) is 0 Å². The molecule has 2 rings (SSSR count). The Morgan fingerprint density at radius 3 is 2.80 bits per heavy atom. The number of amides is 2. The Morgan fingerprint density at radius 1 is 1.35 bits per heavy atom. The van der Waals surface area contributed by atoms with Gasteiger partial charge in [-0.3, -0.25) is 9.59 Å². The highest BCUT2D eigenvalue weighted by molar-refractivity contribution is 6.07. The number of benzene rings is 1. The molecule has 0 atom stereocenters. The number of hydrogen-bond acceptors (Lipinski definition) is 3. The Kier molecular flexibility index (Phi) is 3.93. The summed E-state index contributed by atoms with van der Waals surface area (Å²) >= 11 is 0. The minimum Gasteiger partial charge on any atom is -0.399 e. The van der Waals surface area contributed by atoms with Crippen molar-refractivity contribution in [2.45, 2.75) is 6.42 Å². The number of carbonyl (C=O) groups is 2. The van der Waals surface area contributed by atoms with Crippen molar-refractivity contribution in [3.63, 3.8) is 0 Å². The zero-order valence-corrected chi connectivity index (χ0v) is 11.6. The summed E-state index contributed by atoms with van der Waals surface area (Å²) in [5.74, 6) is -0.218. The number of nitrogen functional groups attached to an aromatic ring is 1. The Bertz CT molecular complexity index is 646. The van der Waals surface area contributed by atoms with E-state index in [2.05, 4.69) is 10.3 Å². The average molecular weight is 274 g/mol. The molecule has 0 fully saturated rings. The van der Waals surface area contributed by atoms with Crippen molar-refractivity contribution < 1.29 is 9.59 Å². The van der Waals surface area contributed by atoms with Crippen LogP contribution in [0.4, 0.5) is 5.69 Å². The Hall–Kier alpha value is -2.50. The topological polar surface area (TPSA) is 91.2 Å². The van der Waals surface area contributed by atoms with E-state index in [1.807, 2.05) is 0 Å². The second-order valence-corrected chi connectivity index (χ2v) is 4.80. The Balaban J connectivity index is 2.03. The minimum absolute atomic E-state index is 0.0167. The van der Waals surface area contributed by atoms with Crippen molar-refractivity contribution >= 4 is 28.4 Å². The van der Waals surface area contributed by atoms with E-state index < -0.39 is 0 Å². The lowest BCUT2D eigenvalue weighted by atomic mass is 10.1. The lowest BCUT2D eigenvalue weighted by molar-refractivity contribution is -0.128. The van der Waals surface area contributed by atoms with Gasteiger partial charge in [0.25, 0.3) is 5.91 Å². The summed E-state index contributed by atoms with van der Waals surface area (Å²) in [6.07, 6.45) is 1.93. The maximum Gasteiger partial charge on any atom is 0.253 e. The van der Waals surface area contributed by atoms with E-state index in [1.54, 1.807) is 38.5 Å². The van der Waals surface area contributed by atoms with Gasteiger partial charge in [-0.2, -0.15) is 0 Å². The standard InChI is InChI=1S/C14H18N4O2/c1-18(2)13(19)5-6-16-14(20)11-8-17-12-7-9(15)3-4-10(11)12/h3-4,7-8,17H,5-6,15H2,1-2H3,(H,16,20). The van der Waals surface area contributed by atoms with Crippen molar-refractivity contribution in [2.24, 2.45) is 0 Å². The summed E-state index contributed by atoms with van der Waals surface area (Å²) in [5.41, 5.74) is 7.70. The van der Waals surface area contributed by atoms with Crippen LogP contribution >= 0.6 is 0 Å². The zero-order chi connectivity index (χ0) is 14.7. The van der Waals surface area contributed by atoms with Crippen LogP contribution in [-0.4, -0.2) is 42.3 Å². The van der Waals surface area contributed by atoms with Crippen molar-refractivity contribution in [3.05, 3.63) is 30.0 Å². The molecule has 0 aliphatic carbocycles. The van der Waals surface area contributed by atoms with Gasteiger partial charge >= 0.3 is 0 Å². The molecule has 0 aliphatic rings. The second-order valence-electron chi connectivity index (χ2n) is 4.80. The van der Waals surface area contributed by atoms with Gasteiger partial charge in [-0.05, 0) is 18.2 Å². The van der Waals surface area contributed by atoms with E-state index in [0.29, 0.717) is 17.8 Å². The molecule has 0 saturated heterocycles. The lowest BCUT2D eigenvalue weighted by Gasteiger charge is -2.10. The fourth-order valence-corrected chi connectivity index (χ4v) is 1.93. The van der Waals surface area contributed by atoms with Crippen molar-refractivity contribution in [2.75, 3.05) is 26.4 Å². The summed E-state index contributed by atoms with van der Waals surface area (Å²) in [6.45, 7) is 0.317. The fourth-order valence-electron chi connectivity index (χ4n) is 1.93. The highest BCUT2D eigenvalue weighted by atomic mass is 16.2. The molecular weight excluding hydrogens is 256 g/mol. The van der Waals surface area contributed by atoms with E-state index in [4.69, 9.17) is 5.73 Å². The number of H-pyrrole nitrogens is 1. The number of carbonyl (C=O) groups excluding carboxylic acids is 2. The van der Waals surface area contributed by atoms with Gasteiger partial charge in [0, 0.05) is 49.8 Å². The van der Waals surface area contributed by atoms with Crippen LogP contribution in [0, 0.1) is 0 Å². The van der Waals surface area contributed by atoms with Gasteiger partial charge in [-0.1, -0.05) is 0 Å². The first-order chi connectivity index (χ1) is 9.49. The molecule has 0 saturated carbocycles. The molecule has 1 aromatic carbocycles. The number of nitrogens with one attached hydrogen (secondary N) is 2. The summed E-state index contributed by atoms with van der Waals surface area (Å²) in [7, 11) is 3.38. The quantitative estimate of drug-likeness (QED) is 0.725. The predicted molar refractivity (Wildman–Crippen MR) is 78.4 cm³/mol. The predicted octanol–water partition coefficient (Wildman–Crippen LogP) is 0.958. The average Bonchev–Trinajstić information content (AvgIpc) is 2.81. The fraction of sp³-hybridized carbons (Fsp3) is 0.286. The maximum atomic E-state index is 12.1. The number of aromatic amines is 1. The third-order valence-electron chi connectivity index (χ3n) is 3.07. The molecule has 106 valence electrons. The number of rotatable bonds is 4. The minimum atomic E-state index is -0.201. The largest absolute Gasteiger partial charge is 0.399 e. The van der Waals surface area contributed by atoms with Crippen LogP contribution in [-0.2, 0) is 4.79 Å². The molecule has 6 heteroatoms. The van der Waals surface area contributed by atoms with E-state index >= 15 is 0 Å².